The second-order valence-electron chi connectivity index (χ2n) is 8.42. The van der Waals surface area contributed by atoms with Crippen LogP contribution in [0, 0.1) is 0 Å². The van der Waals surface area contributed by atoms with Crippen molar-refractivity contribution in [3.8, 4) is 5.75 Å². The molecule has 1 aliphatic heterocycles. The number of halogens is 3. The smallest absolute Gasteiger partial charge is 0.215 e. The number of hydrogen-bond donors (Lipinski definition) is 0. The summed E-state index contributed by atoms with van der Waals surface area (Å²) in [5.74, 6) is -0.302. The van der Waals surface area contributed by atoms with Gasteiger partial charge in [-0.2, -0.15) is 0 Å². The maximum atomic E-state index is 6.53. The van der Waals surface area contributed by atoms with Gasteiger partial charge in [-0.15, -0.1) is 0 Å². The summed E-state index contributed by atoms with van der Waals surface area (Å²) in [5.41, 5.74) is 3.11. The van der Waals surface area contributed by atoms with Crippen molar-refractivity contribution in [3.05, 3.63) is 117 Å². The Labute approximate surface area is 219 Å². The summed E-state index contributed by atoms with van der Waals surface area (Å²) in [6.07, 6.45) is 5.83. The van der Waals surface area contributed by atoms with E-state index in [1.165, 1.54) is 11.1 Å². The third kappa shape index (κ3) is 5.83. The van der Waals surface area contributed by atoms with Gasteiger partial charge < -0.3 is 18.8 Å². The van der Waals surface area contributed by atoms with Gasteiger partial charge in [0.15, 0.2) is 0 Å². The first-order valence-corrected chi connectivity index (χ1v) is 12.3. The van der Waals surface area contributed by atoms with Gasteiger partial charge >= 0.3 is 0 Å². The van der Waals surface area contributed by atoms with Gasteiger partial charge in [0, 0.05) is 28.0 Å². The Bertz CT molecular complexity index is 1260. The zero-order chi connectivity index (χ0) is 24.3. The Morgan fingerprint density at radius 2 is 1.66 bits per heavy atom. The lowest BCUT2D eigenvalue weighted by Crippen LogP contribution is -2.34. The highest BCUT2D eigenvalue weighted by atomic mass is 35.5. The topological polar surface area (TPSA) is 45.5 Å². The summed E-state index contributed by atoms with van der Waals surface area (Å²) in [4.78, 5) is 4.12. The van der Waals surface area contributed by atoms with Crippen molar-refractivity contribution in [2.75, 3.05) is 13.2 Å². The normalized spacial score (nSPS) is 19.7. The minimum absolute atomic E-state index is 0.279. The van der Waals surface area contributed by atoms with Gasteiger partial charge in [-0.25, -0.2) is 4.98 Å². The zero-order valence-corrected chi connectivity index (χ0v) is 21.0. The summed E-state index contributed by atoms with van der Waals surface area (Å²) in [5, 5.41) is 1.77. The number of aromatic nitrogens is 2. The van der Waals surface area contributed by atoms with Crippen LogP contribution in [0.1, 0.15) is 16.7 Å². The second-order valence-corrected chi connectivity index (χ2v) is 9.70. The van der Waals surface area contributed by atoms with Crippen LogP contribution in [-0.2, 0) is 28.2 Å². The number of rotatable bonds is 8. The first-order valence-electron chi connectivity index (χ1n) is 11.2. The third-order valence-corrected chi connectivity index (χ3v) is 6.63. The molecule has 0 amide bonds. The minimum atomic E-state index is -1.07. The van der Waals surface area contributed by atoms with Gasteiger partial charge in [0.25, 0.3) is 0 Å². The molecule has 3 aromatic carbocycles. The Kier molecular flexibility index (Phi) is 7.32. The van der Waals surface area contributed by atoms with E-state index in [-0.39, 0.29) is 6.10 Å². The molecule has 0 bridgehead atoms. The van der Waals surface area contributed by atoms with Crippen LogP contribution in [0.5, 0.6) is 5.75 Å². The van der Waals surface area contributed by atoms with Crippen LogP contribution in [0.4, 0.5) is 0 Å². The molecular formula is C27H23Cl3N2O3. The highest BCUT2D eigenvalue weighted by Gasteiger charge is 2.45. The molecule has 1 saturated heterocycles. The van der Waals surface area contributed by atoms with Crippen LogP contribution in [0.2, 0.25) is 15.1 Å². The van der Waals surface area contributed by atoms with Gasteiger partial charge in [-0.3, -0.25) is 0 Å². The molecule has 35 heavy (non-hydrogen) atoms. The van der Waals surface area contributed by atoms with E-state index in [0.717, 1.165) is 17.2 Å². The van der Waals surface area contributed by atoms with Gasteiger partial charge in [-0.05, 0) is 53.9 Å². The number of ether oxygens (including phenoxy) is 3. The molecule has 5 rings (SSSR count). The molecule has 8 heteroatoms. The number of hydrogen-bond acceptors (Lipinski definition) is 4. The highest BCUT2D eigenvalue weighted by molar-refractivity contribution is 6.35. The molecule has 0 N–H and O–H groups in total. The first-order chi connectivity index (χ1) is 17.0. The van der Waals surface area contributed by atoms with E-state index >= 15 is 0 Å². The minimum Gasteiger partial charge on any atom is -0.491 e. The standard InChI is InChI=1S/C27H23Cl3N2O3/c28-21-5-1-19(2-6-21)13-20-3-8-23(9-4-20)33-15-24-16-34-27(35-24,17-32-12-11-31-18-32)25-10-7-22(29)14-26(25)30/h1-12,14,18,24H,13,15-17H2. The molecule has 2 unspecified atom stereocenters. The Morgan fingerprint density at radius 3 is 2.34 bits per heavy atom. The summed E-state index contributed by atoms with van der Waals surface area (Å²) in [7, 11) is 0. The molecule has 2 heterocycles. The maximum Gasteiger partial charge on any atom is 0.215 e. The number of imidazole rings is 1. The van der Waals surface area contributed by atoms with Gasteiger partial charge in [0.05, 0.1) is 24.5 Å². The fourth-order valence-corrected chi connectivity index (χ4v) is 4.78. The quantitative estimate of drug-likeness (QED) is 0.252. The lowest BCUT2D eigenvalue weighted by Gasteiger charge is -2.30. The SMILES string of the molecule is Clc1ccc(Cc2ccc(OCC3COC(Cn4ccnc4)(c4ccc(Cl)cc4Cl)O3)cc2)cc1. The van der Waals surface area contributed by atoms with Crippen LogP contribution in [0.25, 0.3) is 0 Å². The summed E-state index contributed by atoms with van der Waals surface area (Å²) in [6.45, 7) is 1.10. The van der Waals surface area contributed by atoms with Crippen molar-refractivity contribution < 1.29 is 14.2 Å². The Morgan fingerprint density at radius 1 is 0.943 bits per heavy atom. The van der Waals surface area contributed by atoms with Crippen molar-refractivity contribution >= 4 is 34.8 Å². The summed E-state index contributed by atoms with van der Waals surface area (Å²) in [6, 6.07) is 21.2. The molecule has 2 atom stereocenters. The zero-order valence-electron chi connectivity index (χ0n) is 18.7. The van der Waals surface area contributed by atoms with E-state index in [1.54, 1.807) is 24.7 Å². The molecule has 4 aromatic rings. The Hall–Kier alpha value is -2.54. The van der Waals surface area contributed by atoms with Crippen molar-refractivity contribution in [1.82, 2.24) is 9.55 Å². The maximum absolute atomic E-state index is 6.53. The lowest BCUT2D eigenvalue weighted by molar-refractivity contribution is -0.189. The predicted molar refractivity (Wildman–Crippen MR) is 137 cm³/mol. The van der Waals surface area contributed by atoms with Crippen LogP contribution in [0.3, 0.4) is 0 Å². The molecule has 0 saturated carbocycles. The van der Waals surface area contributed by atoms with Gasteiger partial charge in [0.1, 0.15) is 18.5 Å². The molecule has 1 aliphatic rings. The van der Waals surface area contributed by atoms with E-state index in [4.69, 9.17) is 49.0 Å². The second kappa shape index (κ2) is 10.6. The molecule has 5 nitrogen and oxygen atoms in total. The van der Waals surface area contributed by atoms with Crippen LogP contribution in [0.15, 0.2) is 85.5 Å². The van der Waals surface area contributed by atoms with E-state index < -0.39 is 5.79 Å². The fourth-order valence-electron chi connectivity index (χ4n) is 4.11. The third-order valence-electron chi connectivity index (χ3n) is 5.83. The first kappa shape index (κ1) is 24.2. The molecule has 180 valence electrons. The molecular weight excluding hydrogens is 507 g/mol. The van der Waals surface area contributed by atoms with Crippen LogP contribution < -0.4 is 4.74 Å². The molecule has 1 fully saturated rings. The Balaban J connectivity index is 1.24. The van der Waals surface area contributed by atoms with Crippen molar-refractivity contribution in [3.63, 3.8) is 0 Å². The van der Waals surface area contributed by atoms with E-state index in [0.29, 0.717) is 35.4 Å². The molecule has 0 spiro atoms. The molecule has 1 aromatic heterocycles. The summed E-state index contributed by atoms with van der Waals surface area (Å²) >= 11 is 18.6. The largest absolute Gasteiger partial charge is 0.491 e. The van der Waals surface area contributed by atoms with E-state index in [2.05, 4.69) is 17.1 Å². The van der Waals surface area contributed by atoms with Gasteiger partial charge in [-0.1, -0.05) is 65.1 Å². The molecule has 0 radical (unpaired) electrons. The number of benzene rings is 3. The van der Waals surface area contributed by atoms with Gasteiger partial charge in [0.2, 0.25) is 5.79 Å². The highest BCUT2D eigenvalue weighted by Crippen LogP contribution is 2.40. The predicted octanol–water partition coefficient (Wildman–Crippen LogP) is 6.78. The summed E-state index contributed by atoms with van der Waals surface area (Å²) < 4.78 is 20.6. The average Bonchev–Trinajstić information content (AvgIpc) is 3.51. The van der Waals surface area contributed by atoms with E-state index in [9.17, 15) is 0 Å². The van der Waals surface area contributed by atoms with Crippen molar-refractivity contribution in [1.29, 1.82) is 0 Å². The average molecular weight is 530 g/mol. The number of nitrogens with zero attached hydrogens (tertiary/aromatic N) is 2. The van der Waals surface area contributed by atoms with E-state index in [1.807, 2.05) is 53.2 Å². The fraction of sp³-hybridized carbons (Fsp3) is 0.222. The lowest BCUT2D eigenvalue weighted by atomic mass is 10.1. The monoisotopic (exact) mass is 528 g/mol. The van der Waals surface area contributed by atoms with Crippen LogP contribution >= 0.6 is 34.8 Å². The van der Waals surface area contributed by atoms with Crippen molar-refractivity contribution in [2.24, 2.45) is 0 Å². The molecule has 0 aliphatic carbocycles. The van der Waals surface area contributed by atoms with Crippen LogP contribution in [-0.4, -0.2) is 28.9 Å². The van der Waals surface area contributed by atoms with Crippen molar-refractivity contribution in [2.45, 2.75) is 24.9 Å².